The molecule has 2 rings (SSSR count). The molecule has 2 N–H and O–H groups in total. The Morgan fingerprint density at radius 3 is 2.90 bits per heavy atom. The number of nitrogens with one attached hydrogen (secondary N) is 1. The molecule has 1 aromatic carbocycles. The van der Waals surface area contributed by atoms with Gasteiger partial charge in [0.25, 0.3) is 0 Å². The minimum Gasteiger partial charge on any atom is -0.388 e. The maximum absolute atomic E-state index is 13.0. The van der Waals surface area contributed by atoms with E-state index >= 15 is 0 Å². The highest BCUT2D eigenvalue weighted by molar-refractivity contribution is 7.09. The Morgan fingerprint density at radius 1 is 1.35 bits per heavy atom. The van der Waals surface area contributed by atoms with Gasteiger partial charge < -0.3 is 10.4 Å². The molecule has 0 radical (unpaired) electrons. The Hall–Kier alpha value is -1.72. The number of hydrogen-bond donors (Lipinski definition) is 2. The van der Waals surface area contributed by atoms with Crippen LogP contribution in [0.25, 0.3) is 0 Å². The summed E-state index contributed by atoms with van der Waals surface area (Å²) in [6.45, 7) is 0.537. The van der Waals surface area contributed by atoms with Gasteiger partial charge in [-0.2, -0.15) is 0 Å². The molecular weight excluding hydrogens is 277 g/mol. The van der Waals surface area contributed by atoms with Crippen molar-refractivity contribution in [2.75, 3.05) is 6.54 Å². The van der Waals surface area contributed by atoms with Gasteiger partial charge in [-0.1, -0.05) is 18.2 Å². The molecule has 2 aromatic rings. The second-order valence-electron chi connectivity index (χ2n) is 4.45. The molecular formula is C15H16FNO2S. The summed E-state index contributed by atoms with van der Waals surface area (Å²) in [4.78, 5) is 12.9. The average molecular weight is 293 g/mol. The summed E-state index contributed by atoms with van der Waals surface area (Å²) >= 11 is 1.64. The summed E-state index contributed by atoms with van der Waals surface area (Å²) in [6.07, 6.45) is -0.264. The molecule has 0 aliphatic heterocycles. The third kappa shape index (κ3) is 4.43. The third-order valence-corrected chi connectivity index (χ3v) is 3.82. The van der Waals surface area contributed by atoms with E-state index in [1.165, 1.54) is 23.1 Å². The Morgan fingerprint density at radius 2 is 2.20 bits per heavy atom. The lowest BCUT2D eigenvalue weighted by Gasteiger charge is -2.11. The van der Waals surface area contributed by atoms with Gasteiger partial charge in [0.2, 0.25) is 5.91 Å². The molecule has 106 valence electrons. The van der Waals surface area contributed by atoms with Crippen LogP contribution in [0.15, 0.2) is 41.8 Å². The zero-order chi connectivity index (χ0) is 14.4. The summed E-state index contributed by atoms with van der Waals surface area (Å²) in [5.41, 5.74) is 0.415. The van der Waals surface area contributed by atoms with Crippen LogP contribution in [0, 0.1) is 5.82 Å². The fourth-order valence-corrected chi connectivity index (χ4v) is 2.57. The van der Waals surface area contributed by atoms with E-state index < -0.39 is 11.9 Å². The molecule has 3 nitrogen and oxygen atoms in total. The normalized spacial score (nSPS) is 12.1. The molecule has 1 unspecified atom stereocenters. The smallest absolute Gasteiger partial charge is 0.222 e. The van der Waals surface area contributed by atoms with Gasteiger partial charge in [-0.3, -0.25) is 4.79 Å². The molecule has 1 amide bonds. The molecule has 0 bridgehead atoms. The highest BCUT2D eigenvalue weighted by atomic mass is 32.1. The number of carbonyl (C=O) groups excluding carboxylic acids is 1. The van der Waals surface area contributed by atoms with Crippen molar-refractivity contribution in [3.63, 3.8) is 0 Å². The molecule has 1 heterocycles. The van der Waals surface area contributed by atoms with Crippen LogP contribution < -0.4 is 5.32 Å². The first kappa shape index (κ1) is 14.7. The number of hydrogen-bond acceptors (Lipinski definition) is 3. The minimum atomic E-state index is -0.979. The van der Waals surface area contributed by atoms with Crippen LogP contribution in [-0.2, 0) is 11.2 Å². The standard InChI is InChI=1S/C15H16FNO2S/c16-12-4-1-3-11(9-12)14(18)10-15(19)17-7-6-13-5-2-8-20-13/h1-5,8-9,14,18H,6-7,10H2,(H,17,19). The van der Waals surface area contributed by atoms with Crippen molar-refractivity contribution in [3.8, 4) is 0 Å². The summed E-state index contributed by atoms with van der Waals surface area (Å²) in [6, 6.07) is 9.64. The SMILES string of the molecule is O=C(CC(O)c1cccc(F)c1)NCCc1cccs1. The highest BCUT2D eigenvalue weighted by Crippen LogP contribution is 2.17. The number of amides is 1. The molecule has 5 heteroatoms. The number of halogens is 1. The van der Waals surface area contributed by atoms with Crippen LogP contribution in [0.5, 0.6) is 0 Å². The molecule has 1 aromatic heterocycles. The Labute approximate surface area is 121 Å². The van der Waals surface area contributed by atoms with Crippen LogP contribution in [0.3, 0.4) is 0 Å². The predicted octanol–water partition coefficient (Wildman–Crippen LogP) is 2.67. The van der Waals surface area contributed by atoms with Crippen molar-refractivity contribution in [1.82, 2.24) is 5.32 Å². The highest BCUT2D eigenvalue weighted by Gasteiger charge is 2.13. The van der Waals surface area contributed by atoms with Gasteiger partial charge in [0.05, 0.1) is 12.5 Å². The molecule has 20 heavy (non-hydrogen) atoms. The average Bonchev–Trinajstić information content (AvgIpc) is 2.92. The maximum Gasteiger partial charge on any atom is 0.222 e. The number of benzene rings is 1. The van der Waals surface area contributed by atoms with Crippen molar-refractivity contribution in [2.45, 2.75) is 18.9 Å². The van der Waals surface area contributed by atoms with Gasteiger partial charge in [-0.05, 0) is 35.6 Å². The van der Waals surface area contributed by atoms with E-state index in [1.54, 1.807) is 17.4 Å². The van der Waals surface area contributed by atoms with Gasteiger partial charge in [0.15, 0.2) is 0 Å². The summed E-state index contributed by atoms with van der Waals surface area (Å²) in [7, 11) is 0. The minimum absolute atomic E-state index is 0.0616. The monoisotopic (exact) mass is 293 g/mol. The number of aliphatic hydroxyl groups excluding tert-OH is 1. The van der Waals surface area contributed by atoms with Crippen molar-refractivity contribution in [2.24, 2.45) is 0 Å². The lowest BCUT2D eigenvalue weighted by atomic mass is 10.1. The van der Waals surface area contributed by atoms with E-state index in [4.69, 9.17) is 0 Å². The maximum atomic E-state index is 13.0. The summed E-state index contributed by atoms with van der Waals surface area (Å²) < 4.78 is 13.0. The van der Waals surface area contributed by atoms with Crippen LogP contribution in [0.1, 0.15) is 23.0 Å². The van der Waals surface area contributed by atoms with Crippen molar-refractivity contribution in [3.05, 3.63) is 58.0 Å². The van der Waals surface area contributed by atoms with Gasteiger partial charge >= 0.3 is 0 Å². The topological polar surface area (TPSA) is 49.3 Å². The summed E-state index contributed by atoms with van der Waals surface area (Å²) in [5.74, 6) is -0.655. The van der Waals surface area contributed by atoms with Crippen LogP contribution in [0.4, 0.5) is 4.39 Å². The van der Waals surface area contributed by atoms with Gasteiger partial charge in [-0.25, -0.2) is 4.39 Å². The molecule has 1 atom stereocenters. The van der Waals surface area contributed by atoms with Gasteiger partial charge in [0.1, 0.15) is 5.82 Å². The number of carbonyl (C=O) groups is 1. The Kier molecular flexibility index (Phi) is 5.26. The molecule has 0 saturated heterocycles. The largest absolute Gasteiger partial charge is 0.388 e. The van der Waals surface area contributed by atoms with E-state index in [2.05, 4.69) is 5.32 Å². The van der Waals surface area contributed by atoms with E-state index in [9.17, 15) is 14.3 Å². The first-order chi connectivity index (χ1) is 9.65. The zero-order valence-corrected chi connectivity index (χ0v) is 11.7. The summed E-state index contributed by atoms with van der Waals surface area (Å²) in [5, 5.41) is 14.6. The fourth-order valence-electron chi connectivity index (χ4n) is 1.86. The van der Waals surface area contributed by atoms with Crippen LogP contribution in [-0.4, -0.2) is 17.6 Å². The van der Waals surface area contributed by atoms with Crippen LogP contribution in [0.2, 0.25) is 0 Å². The van der Waals surface area contributed by atoms with Crippen molar-refractivity contribution in [1.29, 1.82) is 0 Å². The quantitative estimate of drug-likeness (QED) is 0.860. The molecule has 0 fully saturated rings. The predicted molar refractivity (Wildman–Crippen MR) is 77.0 cm³/mol. The second-order valence-corrected chi connectivity index (χ2v) is 5.49. The van der Waals surface area contributed by atoms with E-state index in [-0.39, 0.29) is 12.3 Å². The van der Waals surface area contributed by atoms with E-state index in [1.807, 2.05) is 17.5 Å². The Balaban J connectivity index is 1.76. The van der Waals surface area contributed by atoms with Crippen molar-refractivity contribution < 1.29 is 14.3 Å². The first-order valence-corrected chi connectivity index (χ1v) is 7.26. The number of aliphatic hydroxyl groups is 1. The van der Waals surface area contributed by atoms with Crippen molar-refractivity contribution >= 4 is 17.2 Å². The van der Waals surface area contributed by atoms with E-state index in [0.717, 1.165) is 6.42 Å². The Bertz CT molecular complexity index is 557. The third-order valence-electron chi connectivity index (χ3n) is 2.89. The molecule has 0 aliphatic rings. The number of rotatable bonds is 6. The zero-order valence-electron chi connectivity index (χ0n) is 10.9. The first-order valence-electron chi connectivity index (χ1n) is 6.38. The molecule has 0 spiro atoms. The number of thiophene rings is 1. The molecule has 0 aliphatic carbocycles. The van der Waals surface area contributed by atoms with Crippen LogP contribution >= 0.6 is 11.3 Å². The molecule has 0 saturated carbocycles. The lowest BCUT2D eigenvalue weighted by molar-refractivity contribution is -0.123. The lowest BCUT2D eigenvalue weighted by Crippen LogP contribution is -2.27. The van der Waals surface area contributed by atoms with Gasteiger partial charge in [-0.15, -0.1) is 11.3 Å². The van der Waals surface area contributed by atoms with Gasteiger partial charge in [0, 0.05) is 11.4 Å². The fraction of sp³-hybridized carbons (Fsp3) is 0.267. The second kappa shape index (κ2) is 7.17. The van der Waals surface area contributed by atoms with E-state index in [0.29, 0.717) is 12.1 Å².